The lowest BCUT2D eigenvalue weighted by Crippen LogP contribution is -2.41. The van der Waals surface area contributed by atoms with Gasteiger partial charge in [-0.15, -0.1) is 11.3 Å². The number of piperidine rings is 1. The number of rotatable bonds is 3. The van der Waals surface area contributed by atoms with Gasteiger partial charge in [-0.3, -0.25) is 9.48 Å². The van der Waals surface area contributed by atoms with Gasteiger partial charge in [0.25, 0.3) is 5.91 Å². The zero-order chi connectivity index (χ0) is 16.5. The predicted molar refractivity (Wildman–Crippen MR) is 91.0 cm³/mol. The Bertz CT molecular complexity index is 823. The molecule has 3 aromatic rings. The molecule has 0 N–H and O–H groups in total. The Morgan fingerprint density at radius 3 is 3.08 bits per heavy atom. The third-order valence-electron chi connectivity index (χ3n) is 4.31. The van der Waals surface area contributed by atoms with Crippen molar-refractivity contribution in [1.82, 2.24) is 19.7 Å². The minimum absolute atomic E-state index is 0.00147. The van der Waals surface area contributed by atoms with Gasteiger partial charge in [0.2, 0.25) is 0 Å². The second-order valence-corrected chi connectivity index (χ2v) is 7.14. The van der Waals surface area contributed by atoms with E-state index in [1.807, 2.05) is 40.9 Å². The minimum atomic E-state index is -0.00147. The Kier molecular flexibility index (Phi) is 3.93. The first-order chi connectivity index (χ1) is 11.7. The fourth-order valence-corrected chi connectivity index (χ4v) is 3.98. The van der Waals surface area contributed by atoms with Gasteiger partial charge in [0, 0.05) is 30.4 Å². The summed E-state index contributed by atoms with van der Waals surface area (Å²) in [6, 6.07) is 5.84. The molecule has 0 spiro atoms. The van der Waals surface area contributed by atoms with E-state index in [0.717, 1.165) is 29.3 Å². The number of carbonyl (C=O) groups is 1. The maximum Gasteiger partial charge on any atom is 0.273 e. The third kappa shape index (κ3) is 2.75. The Morgan fingerprint density at radius 1 is 1.42 bits per heavy atom. The quantitative estimate of drug-likeness (QED) is 0.732. The van der Waals surface area contributed by atoms with Crippen LogP contribution in [-0.2, 0) is 0 Å². The van der Waals surface area contributed by atoms with Crippen molar-refractivity contribution >= 4 is 17.2 Å². The molecule has 0 aromatic carbocycles. The summed E-state index contributed by atoms with van der Waals surface area (Å²) in [5.41, 5.74) is 0.535. The van der Waals surface area contributed by atoms with Crippen LogP contribution in [0.4, 0.5) is 0 Å². The van der Waals surface area contributed by atoms with Crippen LogP contribution in [0.15, 0.2) is 41.3 Å². The van der Waals surface area contributed by atoms with Crippen LogP contribution in [0.3, 0.4) is 0 Å². The summed E-state index contributed by atoms with van der Waals surface area (Å²) in [4.78, 5) is 20.3. The lowest BCUT2D eigenvalue weighted by Gasteiger charge is -2.32. The topological polar surface area (TPSA) is 64.2 Å². The Balaban J connectivity index is 1.55. The molecule has 1 aliphatic rings. The molecular formula is C17H18N4O2S. The molecule has 0 bridgehead atoms. The molecule has 4 heterocycles. The van der Waals surface area contributed by atoms with Crippen molar-refractivity contribution in [2.75, 3.05) is 13.1 Å². The standard InChI is InChI=1S/C17H18N4O2S/c1-12-15(19-16(24-12)14-6-3-10-23-14)17(22)20-8-2-5-13(11-20)21-9-4-7-18-21/h3-4,6-7,9-10,13H,2,5,8,11H2,1H3. The molecule has 6 nitrogen and oxygen atoms in total. The van der Waals surface area contributed by atoms with Crippen LogP contribution >= 0.6 is 11.3 Å². The van der Waals surface area contributed by atoms with Gasteiger partial charge in [-0.2, -0.15) is 5.10 Å². The Hall–Kier alpha value is -2.41. The number of likely N-dealkylation sites (tertiary alicyclic amines) is 1. The first-order valence-corrected chi connectivity index (χ1v) is 8.84. The van der Waals surface area contributed by atoms with Crippen molar-refractivity contribution in [1.29, 1.82) is 0 Å². The number of hydrogen-bond acceptors (Lipinski definition) is 5. The molecule has 1 aliphatic heterocycles. The molecule has 1 unspecified atom stereocenters. The number of nitrogens with zero attached hydrogens (tertiary/aromatic N) is 4. The third-order valence-corrected chi connectivity index (χ3v) is 5.30. The molecule has 0 radical (unpaired) electrons. The lowest BCUT2D eigenvalue weighted by molar-refractivity contribution is 0.0667. The Labute approximate surface area is 143 Å². The van der Waals surface area contributed by atoms with E-state index >= 15 is 0 Å². The smallest absolute Gasteiger partial charge is 0.273 e. The molecule has 7 heteroatoms. The summed E-state index contributed by atoms with van der Waals surface area (Å²) in [5, 5.41) is 5.07. The highest BCUT2D eigenvalue weighted by Gasteiger charge is 2.28. The number of hydrogen-bond donors (Lipinski definition) is 0. The van der Waals surface area contributed by atoms with Crippen molar-refractivity contribution < 1.29 is 9.21 Å². The average molecular weight is 342 g/mol. The van der Waals surface area contributed by atoms with Gasteiger partial charge in [-0.05, 0) is 38.0 Å². The number of aryl methyl sites for hydroxylation is 1. The van der Waals surface area contributed by atoms with Gasteiger partial charge in [0.15, 0.2) is 10.8 Å². The van der Waals surface area contributed by atoms with Gasteiger partial charge < -0.3 is 9.32 Å². The van der Waals surface area contributed by atoms with Crippen molar-refractivity contribution in [3.63, 3.8) is 0 Å². The van der Waals surface area contributed by atoms with Gasteiger partial charge >= 0.3 is 0 Å². The summed E-state index contributed by atoms with van der Waals surface area (Å²) >= 11 is 1.49. The summed E-state index contributed by atoms with van der Waals surface area (Å²) in [6.45, 7) is 3.38. The van der Waals surface area contributed by atoms with Crippen LogP contribution < -0.4 is 0 Å². The van der Waals surface area contributed by atoms with Gasteiger partial charge in [-0.25, -0.2) is 4.98 Å². The van der Waals surface area contributed by atoms with Crippen LogP contribution in [0.1, 0.15) is 34.2 Å². The largest absolute Gasteiger partial charge is 0.462 e. The molecule has 0 saturated carbocycles. The molecule has 1 fully saturated rings. The van der Waals surface area contributed by atoms with Crippen LogP contribution in [0.2, 0.25) is 0 Å². The summed E-state index contributed by atoms with van der Waals surface area (Å²) in [7, 11) is 0. The first kappa shape index (κ1) is 15.1. The van der Waals surface area contributed by atoms with E-state index in [4.69, 9.17) is 4.42 Å². The molecule has 1 atom stereocenters. The van der Waals surface area contributed by atoms with E-state index in [2.05, 4.69) is 10.1 Å². The van der Waals surface area contributed by atoms with Gasteiger partial charge in [0.1, 0.15) is 5.69 Å². The SMILES string of the molecule is Cc1sc(-c2ccco2)nc1C(=O)N1CCCC(n2cccn2)C1. The molecule has 124 valence electrons. The molecular weight excluding hydrogens is 324 g/mol. The fraction of sp³-hybridized carbons (Fsp3) is 0.353. The monoisotopic (exact) mass is 342 g/mol. The average Bonchev–Trinajstić information content (AvgIpc) is 3.35. The maximum atomic E-state index is 12.9. The summed E-state index contributed by atoms with van der Waals surface area (Å²) in [6.07, 6.45) is 7.37. The normalized spacial score (nSPS) is 18.0. The molecule has 0 aliphatic carbocycles. The fourth-order valence-electron chi connectivity index (χ4n) is 3.10. The van der Waals surface area contributed by atoms with E-state index in [-0.39, 0.29) is 11.9 Å². The van der Waals surface area contributed by atoms with Crippen LogP contribution in [-0.4, -0.2) is 38.7 Å². The second kappa shape index (κ2) is 6.24. The number of carbonyl (C=O) groups excluding carboxylic acids is 1. The molecule has 24 heavy (non-hydrogen) atoms. The minimum Gasteiger partial charge on any atom is -0.462 e. The molecule has 3 aromatic heterocycles. The van der Waals surface area contributed by atoms with Crippen LogP contribution in [0.5, 0.6) is 0 Å². The van der Waals surface area contributed by atoms with Crippen LogP contribution in [0, 0.1) is 6.92 Å². The first-order valence-electron chi connectivity index (χ1n) is 8.02. The number of thiazole rings is 1. The summed E-state index contributed by atoms with van der Waals surface area (Å²) < 4.78 is 7.34. The lowest BCUT2D eigenvalue weighted by atomic mass is 10.1. The Morgan fingerprint density at radius 2 is 2.33 bits per heavy atom. The van der Waals surface area contributed by atoms with Crippen molar-refractivity contribution in [3.8, 4) is 10.8 Å². The highest BCUT2D eigenvalue weighted by atomic mass is 32.1. The molecule has 1 amide bonds. The van der Waals surface area contributed by atoms with E-state index in [9.17, 15) is 4.79 Å². The van der Waals surface area contributed by atoms with Crippen LogP contribution in [0.25, 0.3) is 10.8 Å². The predicted octanol–water partition coefficient (Wildman–Crippen LogP) is 3.39. The number of aromatic nitrogens is 3. The second-order valence-electron chi connectivity index (χ2n) is 5.93. The zero-order valence-electron chi connectivity index (χ0n) is 13.4. The van der Waals surface area contributed by atoms with Crippen molar-refractivity contribution in [3.05, 3.63) is 47.4 Å². The highest BCUT2D eigenvalue weighted by Crippen LogP contribution is 2.30. The van der Waals surface area contributed by atoms with Crippen molar-refractivity contribution in [2.45, 2.75) is 25.8 Å². The number of amides is 1. The zero-order valence-corrected chi connectivity index (χ0v) is 14.2. The summed E-state index contributed by atoms with van der Waals surface area (Å²) in [5.74, 6) is 0.702. The molecule has 4 rings (SSSR count). The highest BCUT2D eigenvalue weighted by molar-refractivity contribution is 7.15. The van der Waals surface area contributed by atoms with E-state index in [0.29, 0.717) is 18.0 Å². The maximum absolute atomic E-state index is 12.9. The van der Waals surface area contributed by atoms with Gasteiger partial charge in [0.05, 0.1) is 12.3 Å². The van der Waals surface area contributed by atoms with E-state index in [1.54, 1.807) is 12.5 Å². The van der Waals surface area contributed by atoms with Crippen molar-refractivity contribution in [2.24, 2.45) is 0 Å². The molecule has 1 saturated heterocycles. The van der Waals surface area contributed by atoms with E-state index in [1.165, 1.54) is 11.3 Å². The van der Waals surface area contributed by atoms with Gasteiger partial charge in [-0.1, -0.05) is 0 Å². The number of furan rings is 1. The van der Waals surface area contributed by atoms with E-state index < -0.39 is 0 Å².